The molecule has 5 nitrogen and oxygen atoms in total. The molecule has 1 saturated heterocycles. The molecule has 1 N–H and O–H groups in total. The maximum absolute atomic E-state index is 13.0. The second kappa shape index (κ2) is 6.95. The molecule has 6 heteroatoms. The average Bonchev–Trinajstić information content (AvgIpc) is 2.58. The van der Waals surface area contributed by atoms with Crippen molar-refractivity contribution in [1.82, 2.24) is 14.9 Å². The summed E-state index contributed by atoms with van der Waals surface area (Å²) in [4.78, 5) is 22.3. The highest BCUT2D eigenvalue weighted by Crippen LogP contribution is 2.24. The Morgan fingerprint density at radius 3 is 2.62 bits per heavy atom. The van der Waals surface area contributed by atoms with E-state index in [4.69, 9.17) is 0 Å². The topological polar surface area (TPSA) is 58.1 Å². The van der Waals surface area contributed by atoms with E-state index in [-0.39, 0.29) is 7.46 Å². The summed E-state index contributed by atoms with van der Waals surface area (Å²) in [5, 5.41) is 2.93. The molecule has 2 aromatic rings. The maximum atomic E-state index is 13.0. The Hall–Kier alpha value is -2.50. The summed E-state index contributed by atoms with van der Waals surface area (Å²) in [7, 11) is 0. The number of aryl methyl sites for hydroxylation is 1. The van der Waals surface area contributed by atoms with Crippen LogP contribution in [-0.4, -0.2) is 34.0 Å². The van der Waals surface area contributed by atoms with E-state index in [1.165, 1.54) is 0 Å². The number of rotatable bonds is 2. The zero-order valence-corrected chi connectivity index (χ0v) is 13.9. The van der Waals surface area contributed by atoms with Crippen molar-refractivity contribution in [2.45, 2.75) is 26.7 Å². The van der Waals surface area contributed by atoms with Crippen LogP contribution in [-0.2, 0) is 0 Å². The average molecular weight is 330 g/mol. The normalized spacial score (nSPS) is 15.4. The molecule has 1 aromatic heterocycles. The van der Waals surface area contributed by atoms with E-state index in [1.807, 2.05) is 30.0 Å². The number of likely N-dealkylation sites (tertiary alicyclic amines) is 1. The fourth-order valence-electron chi connectivity index (χ4n) is 2.81. The van der Waals surface area contributed by atoms with Crippen LogP contribution in [0.25, 0.3) is 11.4 Å². The van der Waals surface area contributed by atoms with E-state index >= 15 is 0 Å². The van der Waals surface area contributed by atoms with Crippen LogP contribution in [0.2, 0.25) is 0 Å². The third kappa shape index (κ3) is 3.69. The number of benzene rings is 1. The molecule has 0 aliphatic carbocycles. The lowest BCUT2D eigenvalue weighted by Crippen LogP contribution is -2.40. The van der Waals surface area contributed by atoms with Crippen molar-refractivity contribution >= 4 is 11.7 Å². The van der Waals surface area contributed by atoms with Crippen molar-refractivity contribution in [3.63, 3.8) is 0 Å². The summed E-state index contributed by atoms with van der Waals surface area (Å²) >= 11 is 0. The monoisotopic (exact) mass is 330 g/mol. The zero-order valence-electron chi connectivity index (χ0n) is 13.9. The number of piperidine rings is 1. The van der Waals surface area contributed by atoms with Crippen LogP contribution >= 0.6 is 0 Å². The van der Waals surface area contributed by atoms with Gasteiger partial charge >= 0.3 is 6.03 Å². The Morgan fingerprint density at radius 1 is 1.29 bits per heavy atom. The van der Waals surface area contributed by atoms with Gasteiger partial charge in [-0.15, -0.1) is 0 Å². The van der Waals surface area contributed by atoms with Crippen LogP contribution in [0.3, 0.4) is 0 Å². The number of amides is 2. The molecule has 0 spiro atoms. The van der Waals surface area contributed by atoms with Gasteiger partial charge in [0.15, 0.2) is 11.6 Å². The highest BCUT2D eigenvalue weighted by atomic mass is 19.1. The molecule has 1 aliphatic rings. The smallest absolute Gasteiger partial charge is 0.321 e. The second-order valence-corrected chi connectivity index (χ2v) is 6.35. The van der Waals surface area contributed by atoms with Crippen molar-refractivity contribution < 1.29 is 10.6 Å². The van der Waals surface area contributed by atoms with Gasteiger partial charge in [0, 0.05) is 25.8 Å². The van der Waals surface area contributed by atoms with Crippen molar-refractivity contribution in [2.75, 3.05) is 18.4 Å². The summed E-state index contributed by atoms with van der Waals surface area (Å²) in [5.41, 5.74) is 2.43. The molecule has 0 unspecified atom stereocenters. The van der Waals surface area contributed by atoms with Gasteiger partial charge in [0.1, 0.15) is 0 Å². The Labute approximate surface area is 142 Å². The van der Waals surface area contributed by atoms with Crippen molar-refractivity contribution in [1.29, 1.82) is 0 Å². The summed E-state index contributed by atoms with van der Waals surface area (Å²) in [5.74, 6) is 0.646. The van der Waals surface area contributed by atoms with Crippen LogP contribution in [0.4, 0.5) is 14.9 Å². The third-order valence-electron chi connectivity index (χ3n) is 4.42. The van der Waals surface area contributed by atoms with Gasteiger partial charge in [0.25, 0.3) is 0 Å². The van der Waals surface area contributed by atoms with Gasteiger partial charge < -0.3 is 10.2 Å². The van der Waals surface area contributed by atoms with Crippen molar-refractivity contribution in [3.05, 3.63) is 42.0 Å². The van der Waals surface area contributed by atoms with Crippen molar-refractivity contribution in [2.24, 2.45) is 5.92 Å². The minimum absolute atomic E-state index is 0. The molecule has 2 heterocycles. The predicted octanol–water partition coefficient (Wildman–Crippen LogP) is 4.10. The molecule has 128 valence electrons. The first-order valence-corrected chi connectivity index (χ1v) is 8.17. The van der Waals surface area contributed by atoms with Gasteiger partial charge in [-0.2, -0.15) is 0 Å². The Balaban J connectivity index is 0.00000225. The lowest BCUT2D eigenvalue weighted by molar-refractivity contribution is 0.186. The van der Waals surface area contributed by atoms with Crippen LogP contribution in [0.15, 0.2) is 30.6 Å². The SMILES string of the molecule is Cc1ccc(NC(=O)N2CCC(C)CC2)cc1-c1ncc(F)cn1.[HH]. The van der Waals surface area contributed by atoms with Crippen LogP contribution in [0, 0.1) is 18.7 Å². The molecular weight excluding hydrogens is 307 g/mol. The summed E-state index contributed by atoms with van der Waals surface area (Å²) < 4.78 is 13.0. The van der Waals surface area contributed by atoms with Gasteiger partial charge in [-0.05, 0) is 43.4 Å². The van der Waals surface area contributed by atoms with Crippen LogP contribution < -0.4 is 5.32 Å². The fraction of sp³-hybridized carbons (Fsp3) is 0.389. The molecule has 1 aliphatic heterocycles. The van der Waals surface area contributed by atoms with E-state index in [0.717, 1.165) is 49.5 Å². The number of halogens is 1. The van der Waals surface area contributed by atoms with E-state index in [0.29, 0.717) is 17.4 Å². The molecule has 1 aromatic carbocycles. The number of hydrogen-bond donors (Lipinski definition) is 1. The summed E-state index contributed by atoms with van der Waals surface area (Å²) in [6.07, 6.45) is 4.36. The molecule has 3 rings (SSSR count). The molecular formula is C18H23FN4O. The quantitative estimate of drug-likeness (QED) is 0.902. The second-order valence-electron chi connectivity index (χ2n) is 6.35. The Kier molecular flexibility index (Phi) is 4.74. The number of carbonyl (C=O) groups excluding carboxylic acids is 1. The molecule has 0 bridgehead atoms. The van der Waals surface area contributed by atoms with Gasteiger partial charge in [-0.25, -0.2) is 19.2 Å². The van der Waals surface area contributed by atoms with Gasteiger partial charge in [-0.3, -0.25) is 0 Å². The number of carbonyl (C=O) groups is 1. The standard InChI is InChI=1S/C18H21FN4O.H2/c1-12-5-7-23(8-6-12)18(24)22-15-4-3-13(2)16(9-15)17-20-10-14(19)11-21-17;/h3-4,9-12H,5-8H2,1-2H3,(H,22,24);1H. The van der Waals surface area contributed by atoms with Crippen molar-refractivity contribution in [3.8, 4) is 11.4 Å². The van der Waals surface area contributed by atoms with E-state index in [9.17, 15) is 9.18 Å². The molecule has 1 fully saturated rings. The molecule has 24 heavy (non-hydrogen) atoms. The minimum atomic E-state index is -0.472. The summed E-state index contributed by atoms with van der Waals surface area (Å²) in [6, 6.07) is 5.49. The summed E-state index contributed by atoms with van der Waals surface area (Å²) in [6.45, 7) is 5.71. The van der Waals surface area contributed by atoms with E-state index < -0.39 is 5.82 Å². The number of urea groups is 1. The predicted molar refractivity (Wildman–Crippen MR) is 93.3 cm³/mol. The number of nitrogens with zero attached hydrogens (tertiary/aromatic N) is 3. The first-order valence-electron chi connectivity index (χ1n) is 8.17. The number of nitrogens with one attached hydrogen (secondary N) is 1. The van der Waals surface area contributed by atoms with Gasteiger partial charge in [0.05, 0.1) is 12.4 Å². The lowest BCUT2D eigenvalue weighted by Gasteiger charge is -2.30. The number of anilines is 1. The first kappa shape index (κ1) is 16.4. The van der Waals surface area contributed by atoms with E-state index in [1.54, 1.807) is 0 Å². The molecule has 0 radical (unpaired) electrons. The van der Waals surface area contributed by atoms with E-state index in [2.05, 4.69) is 22.2 Å². The minimum Gasteiger partial charge on any atom is -0.325 e. The highest BCUT2D eigenvalue weighted by molar-refractivity contribution is 5.90. The molecule has 0 atom stereocenters. The van der Waals surface area contributed by atoms with Crippen LogP contribution in [0.1, 0.15) is 26.8 Å². The largest absolute Gasteiger partial charge is 0.325 e. The number of hydrogen-bond acceptors (Lipinski definition) is 3. The third-order valence-corrected chi connectivity index (χ3v) is 4.42. The Morgan fingerprint density at radius 2 is 1.96 bits per heavy atom. The number of aromatic nitrogens is 2. The fourth-order valence-corrected chi connectivity index (χ4v) is 2.81. The lowest BCUT2D eigenvalue weighted by atomic mass is 10.00. The first-order chi connectivity index (χ1) is 11.5. The Bertz CT molecular complexity index is 730. The van der Waals surface area contributed by atoms with Crippen LogP contribution in [0.5, 0.6) is 0 Å². The maximum Gasteiger partial charge on any atom is 0.321 e. The van der Waals surface area contributed by atoms with Gasteiger partial charge in [-0.1, -0.05) is 13.0 Å². The molecule has 0 saturated carbocycles. The highest BCUT2D eigenvalue weighted by Gasteiger charge is 2.20. The van der Waals surface area contributed by atoms with Gasteiger partial charge in [0.2, 0.25) is 0 Å². The zero-order chi connectivity index (χ0) is 17.1. The molecule has 2 amide bonds.